The highest BCUT2D eigenvalue weighted by Gasteiger charge is 2.34. The molecule has 0 aliphatic rings. The van der Waals surface area contributed by atoms with Crippen molar-refractivity contribution in [2.24, 2.45) is 0 Å². The van der Waals surface area contributed by atoms with Crippen LogP contribution in [0, 0.1) is 0 Å². The molecule has 1 amide bonds. The molecule has 0 saturated heterocycles. The molecule has 0 bridgehead atoms. The molecule has 0 radical (unpaired) electrons. The number of hydrogen-bond acceptors (Lipinski definition) is 2. The third-order valence-corrected chi connectivity index (χ3v) is 2.72. The number of anilines is 1. The standard InChI is InChI=1S/C14H9ClF3NO2/c15-9-3-5-12(11(8-9)14(16,17)18)19-13(20)6-4-10-2-1-7-21-10/h1-8H,(H,19,20)/b6-4+. The monoisotopic (exact) mass is 315 g/mol. The molecule has 110 valence electrons. The van der Waals surface area contributed by atoms with Crippen LogP contribution in [0.1, 0.15) is 11.3 Å². The highest BCUT2D eigenvalue weighted by atomic mass is 35.5. The Labute approximate surface area is 123 Å². The van der Waals surface area contributed by atoms with Crippen LogP contribution in [0.15, 0.2) is 47.1 Å². The SMILES string of the molecule is O=C(/C=C/c1ccco1)Nc1ccc(Cl)cc1C(F)(F)F. The molecule has 0 aliphatic carbocycles. The van der Waals surface area contributed by atoms with Crippen molar-refractivity contribution in [1.29, 1.82) is 0 Å². The van der Waals surface area contributed by atoms with Crippen LogP contribution in [0.5, 0.6) is 0 Å². The number of amides is 1. The zero-order valence-electron chi connectivity index (χ0n) is 10.4. The molecule has 7 heteroatoms. The Kier molecular flexibility index (Phi) is 4.37. The maximum atomic E-state index is 12.8. The minimum atomic E-state index is -4.61. The molecule has 0 atom stereocenters. The Hall–Kier alpha value is -2.21. The third-order valence-electron chi connectivity index (χ3n) is 2.49. The van der Waals surface area contributed by atoms with Crippen molar-refractivity contribution in [2.75, 3.05) is 5.32 Å². The average molecular weight is 316 g/mol. The molecule has 1 aromatic carbocycles. The Morgan fingerprint density at radius 1 is 1.29 bits per heavy atom. The maximum absolute atomic E-state index is 12.8. The number of carbonyl (C=O) groups is 1. The topological polar surface area (TPSA) is 42.2 Å². The van der Waals surface area contributed by atoms with Crippen LogP contribution in [0.2, 0.25) is 5.02 Å². The van der Waals surface area contributed by atoms with Gasteiger partial charge in [0.05, 0.1) is 17.5 Å². The molecule has 21 heavy (non-hydrogen) atoms. The first-order chi connectivity index (χ1) is 9.86. The lowest BCUT2D eigenvalue weighted by molar-refractivity contribution is -0.136. The molecule has 0 saturated carbocycles. The molecule has 2 rings (SSSR count). The number of hydrogen-bond donors (Lipinski definition) is 1. The number of furan rings is 1. The van der Waals surface area contributed by atoms with E-state index in [1.165, 1.54) is 18.4 Å². The average Bonchev–Trinajstić information content (AvgIpc) is 2.90. The smallest absolute Gasteiger partial charge is 0.418 e. The Morgan fingerprint density at radius 3 is 2.67 bits per heavy atom. The molecule has 0 fully saturated rings. The summed E-state index contributed by atoms with van der Waals surface area (Å²) in [7, 11) is 0. The van der Waals surface area contributed by atoms with Crippen molar-refractivity contribution in [2.45, 2.75) is 6.18 Å². The van der Waals surface area contributed by atoms with Crippen molar-refractivity contribution in [3.63, 3.8) is 0 Å². The molecule has 1 N–H and O–H groups in total. The van der Waals surface area contributed by atoms with Crippen molar-refractivity contribution < 1.29 is 22.4 Å². The molecule has 0 unspecified atom stereocenters. The normalized spacial score (nSPS) is 11.8. The molecule has 2 aromatic rings. The summed E-state index contributed by atoms with van der Waals surface area (Å²) in [5, 5.41) is 2.10. The Bertz CT molecular complexity index is 663. The molecular weight excluding hydrogens is 307 g/mol. The second kappa shape index (κ2) is 6.05. The number of rotatable bonds is 3. The number of carbonyl (C=O) groups excluding carboxylic acids is 1. The van der Waals surface area contributed by atoms with Gasteiger partial charge in [-0.05, 0) is 36.4 Å². The van der Waals surface area contributed by atoms with E-state index in [0.29, 0.717) is 5.76 Å². The van der Waals surface area contributed by atoms with Crippen molar-refractivity contribution in [3.8, 4) is 0 Å². The van der Waals surface area contributed by atoms with E-state index in [1.807, 2.05) is 0 Å². The van der Waals surface area contributed by atoms with Gasteiger partial charge in [-0.2, -0.15) is 13.2 Å². The summed E-state index contributed by atoms with van der Waals surface area (Å²) in [6.07, 6.45) is -0.775. The largest absolute Gasteiger partial charge is 0.465 e. The van der Waals surface area contributed by atoms with Gasteiger partial charge in [0.1, 0.15) is 5.76 Å². The van der Waals surface area contributed by atoms with E-state index >= 15 is 0 Å². The highest BCUT2D eigenvalue weighted by molar-refractivity contribution is 6.30. The number of nitrogens with one attached hydrogen (secondary N) is 1. The molecule has 1 aromatic heterocycles. The summed E-state index contributed by atoms with van der Waals surface area (Å²) >= 11 is 5.55. The summed E-state index contributed by atoms with van der Waals surface area (Å²) in [6, 6.07) is 6.35. The summed E-state index contributed by atoms with van der Waals surface area (Å²) in [5.41, 5.74) is -1.37. The van der Waals surface area contributed by atoms with Gasteiger partial charge in [-0.15, -0.1) is 0 Å². The number of halogens is 4. The molecule has 0 aliphatic heterocycles. The second-order valence-corrected chi connectivity index (χ2v) is 4.46. The first kappa shape index (κ1) is 15.2. The minimum absolute atomic E-state index is 0.0635. The van der Waals surface area contributed by atoms with Crippen molar-refractivity contribution in [3.05, 3.63) is 59.0 Å². The molecular formula is C14H9ClF3NO2. The van der Waals surface area contributed by atoms with Gasteiger partial charge in [0.2, 0.25) is 5.91 Å². The fourth-order valence-corrected chi connectivity index (χ4v) is 1.75. The van der Waals surface area contributed by atoms with Gasteiger partial charge < -0.3 is 9.73 Å². The fourth-order valence-electron chi connectivity index (χ4n) is 1.58. The molecule has 0 spiro atoms. The lowest BCUT2D eigenvalue weighted by atomic mass is 10.1. The van der Waals surface area contributed by atoms with Crippen LogP contribution in [0.25, 0.3) is 6.08 Å². The molecule has 3 nitrogen and oxygen atoms in total. The predicted molar refractivity (Wildman–Crippen MR) is 72.8 cm³/mol. The summed E-state index contributed by atoms with van der Waals surface area (Å²) < 4.78 is 43.5. The van der Waals surface area contributed by atoms with Gasteiger partial charge in [0, 0.05) is 11.1 Å². The van der Waals surface area contributed by atoms with Gasteiger partial charge in [-0.1, -0.05) is 11.6 Å². The van der Waals surface area contributed by atoms with Crippen LogP contribution < -0.4 is 5.32 Å². The molecule has 1 heterocycles. The zero-order chi connectivity index (χ0) is 15.5. The Morgan fingerprint density at radius 2 is 2.05 bits per heavy atom. The van der Waals surface area contributed by atoms with E-state index < -0.39 is 17.6 Å². The van der Waals surface area contributed by atoms with Crippen molar-refractivity contribution in [1.82, 2.24) is 0 Å². The first-order valence-corrected chi connectivity index (χ1v) is 6.13. The van der Waals surface area contributed by atoms with Crippen LogP contribution in [-0.4, -0.2) is 5.91 Å². The minimum Gasteiger partial charge on any atom is -0.465 e. The number of benzene rings is 1. The summed E-state index contributed by atoms with van der Waals surface area (Å²) in [6.45, 7) is 0. The third kappa shape index (κ3) is 4.13. The lowest BCUT2D eigenvalue weighted by Gasteiger charge is -2.13. The predicted octanol–water partition coefficient (Wildman–Crippen LogP) is 4.60. The van der Waals surface area contributed by atoms with Gasteiger partial charge in [-0.25, -0.2) is 0 Å². The van der Waals surface area contributed by atoms with Crippen molar-refractivity contribution >= 4 is 29.3 Å². The first-order valence-electron chi connectivity index (χ1n) is 5.75. The van der Waals surface area contributed by atoms with Crippen LogP contribution in [-0.2, 0) is 11.0 Å². The maximum Gasteiger partial charge on any atom is 0.418 e. The fraction of sp³-hybridized carbons (Fsp3) is 0.0714. The summed E-state index contributed by atoms with van der Waals surface area (Å²) in [5.74, 6) is -0.295. The van der Waals surface area contributed by atoms with Crippen LogP contribution >= 0.6 is 11.6 Å². The lowest BCUT2D eigenvalue weighted by Crippen LogP contribution is -2.14. The van der Waals surface area contributed by atoms with Crippen LogP contribution in [0.3, 0.4) is 0 Å². The van der Waals surface area contributed by atoms with Crippen LogP contribution in [0.4, 0.5) is 18.9 Å². The number of alkyl halides is 3. The van der Waals surface area contributed by atoms with E-state index in [2.05, 4.69) is 5.32 Å². The van der Waals surface area contributed by atoms with E-state index in [0.717, 1.165) is 18.2 Å². The van der Waals surface area contributed by atoms with E-state index in [9.17, 15) is 18.0 Å². The zero-order valence-corrected chi connectivity index (χ0v) is 11.2. The van der Waals surface area contributed by atoms with Gasteiger partial charge in [0.15, 0.2) is 0 Å². The van der Waals surface area contributed by atoms with E-state index in [1.54, 1.807) is 12.1 Å². The summed E-state index contributed by atoms with van der Waals surface area (Å²) in [4.78, 5) is 11.6. The highest BCUT2D eigenvalue weighted by Crippen LogP contribution is 2.36. The van der Waals surface area contributed by atoms with E-state index in [4.69, 9.17) is 16.0 Å². The van der Waals surface area contributed by atoms with Gasteiger partial charge >= 0.3 is 6.18 Å². The Balaban J connectivity index is 2.18. The quantitative estimate of drug-likeness (QED) is 0.841. The second-order valence-electron chi connectivity index (χ2n) is 4.03. The van der Waals surface area contributed by atoms with E-state index in [-0.39, 0.29) is 10.7 Å². The van der Waals surface area contributed by atoms with Gasteiger partial charge in [-0.3, -0.25) is 4.79 Å². The van der Waals surface area contributed by atoms with Gasteiger partial charge in [0.25, 0.3) is 0 Å².